The molecule has 0 aliphatic rings. The maximum atomic E-state index is 11.8. The van der Waals surface area contributed by atoms with Crippen molar-refractivity contribution in [2.45, 2.75) is 6.61 Å². The predicted molar refractivity (Wildman–Crippen MR) is 94.9 cm³/mol. The molecule has 0 N–H and O–H groups in total. The lowest BCUT2D eigenvalue weighted by atomic mass is 10.2. The van der Waals surface area contributed by atoms with Gasteiger partial charge in [0.25, 0.3) is 0 Å². The summed E-state index contributed by atoms with van der Waals surface area (Å²) in [5.41, 5.74) is 1.83. The number of oxazole rings is 1. The number of nitrogens with zero attached hydrogens (tertiary/aromatic N) is 1. The van der Waals surface area contributed by atoms with Crippen molar-refractivity contribution in [3.63, 3.8) is 0 Å². The van der Waals surface area contributed by atoms with Crippen LogP contribution < -0.4 is 0 Å². The molecule has 0 saturated heterocycles. The van der Waals surface area contributed by atoms with E-state index in [2.05, 4.69) is 20.9 Å². The van der Waals surface area contributed by atoms with E-state index in [1.165, 1.54) is 6.08 Å². The van der Waals surface area contributed by atoms with E-state index in [0.717, 1.165) is 15.6 Å². The number of carbonyl (C=O) groups excluding carboxylic acids is 1. The van der Waals surface area contributed by atoms with Crippen LogP contribution in [-0.4, -0.2) is 11.0 Å². The van der Waals surface area contributed by atoms with Crippen LogP contribution in [0.4, 0.5) is 0 Å². The van der Waals surface area contributed by atoms with Gasteiger partial charge in [-0.05, 0) is 23.8 Å². The van der Waals surface area contributed by atoms with Gasteiger partial charge in [0.05, 0.1) is 6.20 Å². The summed E-state index contributed by atoms with van der Waals surface area (Å²) in [5, 5.41) is 0. The summed E-state index contributed by atoms with van der Waals surface area (Å²) in [6.07, 6.45) is 4.69. The number of rotatable bonds is 5. The molecular formula is C19H14BrNO3. The normalized spacial score (nSPS) is 10.9. The van der Waals surface area contributed by atoms with Crippen molar-refractivity contribution in [1.82, 2.24) is 4.98 Å². The van der Waals surface area contributed by atoms with Crippen molar-refractivity contribution in [2.24, 2.45) is 0 Å². The molecule has 5 heteroatoms. The van der Waals surface area contributed by atoms with E-state index in [9.17, 15) is 4.79 Å². The Balaban J connectivity index is 1.56. The van der Waals surface area contributed by atoms with Crippen LogP contribution in [0, 0.1) is 0 Å². The summed E-state index contributed by atoms with van der Waals surface area (Å²) in [5.74, 6) is 0.554. The lowest BCUT2D eigenvalue weighted by Crippen LogP contribution is -2.00. The second-order valence-electron chi connectivity index (χ2n) is 4.98. The quantitative estimate of drug-likeness (QED) is 0.466. The number of benzene rings is 2. The maximum Gasteiger partial charge on any atom is 0.331 e. The summed E-state index contributed by atoms with van der Waals surface area (Å²) in [6.45, 7) is -0.00547. The van der Waals surface area contributed by atoms with Crippen LogP contribution in [0.2, 0.25) is 0 Å². The summed E-state index contributed by atoms with van der Waals surface area (Å²) in [6, 6.07) is 17.2. The molecule has 0 amide bonds. The Bertz CT molecular complexity index is 856. The summed E-state index contributed by atoms with van der Waals surface area (Å²) < 4.78 is 11.7. The molecule has 1 heterocycles. The first kappa shape index (κ1) is 16.2. The molecule has 0 atom stereocenters. The van der Waals surface area contributed by atoms with E-state index in [1.54, 1.807) is 12.3 Å². The fraction of sp³-hybridized carbons (Fsp3) is 0.0526. The third kappa shape index (κ3) is 4.43. The fourth-order valence-electron chi connectivity index (χ4n) is 2.07. The molecule has 0 bridgehead atoms. The minimum atomic E-state index is -0.450. The lowest BCUT2D eigenvalue weighted by Gasteiger charge is -1.98. The summed E-state index contributed by atoms with van der Waals surface area (Å²) >= 11 is 3.38. The van der Waals surface area contributed by atoms with E-state index in [-0.39, 0.29) is 6.61 Å². The van der Waals surface area contributed by atoms with Crippen LogP contribution in [0.25, 0.3) is 17.4 Å². The summed E-state index contributed by atoms with van der Waals surface area (Å²) in [4.78, 5) is 15.9. The van der Waals surface area contributed by atoms with Gasteiger partial charge in [-0.25, -0.2) is 9.78 Å². The van der Waals surface area contributed by atoms with Gasteiger partial charge in [-0.1, -0.05) is 58.4 Å². The van der Waals surface area contributed by atoms with E-state index in [1.807, 2.05) is 54.6 Å². The number of hydrogen-bond donors (Lipinski definition) is 0. The highest BCUT2D eigenvalue weighted by atomic mass is 79.9. The van der Waals surface area contributed by atoms with Crippen molar-refractivity contribution in [2.75, 3.05) is 0 Å². The van der Waals surface area contributed by atoms with Gasteiger partial charge < -0.3 is 9.15 Å². The van der Waals surface area contributed by atoms with Crippen LogP contribution in [0.15, 0.2) is 75.8 Å². The molecule has 0 spiro atoms. The largest absolute Gasteiger partial charge is 0.453 e. The first-order valence-electron chi connectivity index (χ1n) is 7.31. The first-order chi connectivity index (χ1) is 11.7. The minimum Gasteiger partial charge on any atom is -0.453 e. The Morgan fingerprint density at radius 2 is 2.00 bits per heavy atom. The van der Waals surface area contributed by atoms with Crippen LogP contribution in [0.1, 0.15) is 11.5 Å². The SMILES string of the molecule is O=C(/C=C/c1cccc(Br)c1)OCc1ncc(-c2ccccc2)o1. The Hall–Kier alpha value is -2.66. The van der Waals surface area contributed by atoms with E-state index >= 15 is 0 Å². The molecule has 0 saturated carbocycles. The van der Waals surface area contributed by atoms with Gasteiger partial charge in [0.1, 0.15) is 0 Å². The van der Waals surface area contributed by atoms with Gasteiger partial charge in [-0.2, -0.15) is 0 Å². The Morgan fingerprint density at radius 3 is 2.79 bits per heavy atom. The van der Waals surface area contributed by atoms with Crippen LogP contribution in [0.3, 0.4) is 0 Å². The van der Waals surface area contributed by atoms with Crippen molar-refractivity contribution in [1.29, 1.82) is 0 Å². The summed E-state index contributed by atoms with van der Waals surface area (Å²) in [7, 11) is 0. The Morgan fingerprint density at radius 1 is 1.17 bits per heavy atom. The van der Waals surface area contributed by atoms with Crippen LogP contribution in [-0.2, 0) is 16.1 Å². The van der Waals surface area contributed by atoms with Gasteiger partial charge in [-0.15, -0.1) is 0 Å². The average molecular weight is 384 g/mol. The number of aromatic nitrogens is 1. The van der Waals surface area contributed by atoms with Crippen LogP contribution >= 0.6 is 15.9 Å². The van der Waals surface area contributed by atoms with Crippen molar-refractivity contribution in [3.8, 4) is 11.3 Å². The van der Waals surface area contributed by atoms with Gasteiger partial charge in [0, 0.05) is 16.1 Å². The van der Waals surface area contributed by atoms with Crippen molar-refractivity contribution < 1.29 is 13.9 Å². The molecular weight excluding hydrogens is 370 g/mol. The monoisotopic (exact) mass is 383 g/mol. The molecule has 3 rings (SSSR count). The zero-order valence-electron chi connectivity index (χ0n) is 12.7. The minimum absolute atomic E-state index is 0.00547. The number of ether oxygens (including phenoxy) is 1. The first-order valence-corrected chi connectivity index (χ1v) is 8.10. The number of hydrogen-bond acceptors (Lipinski definition) is 4. The number of halogens is 1. The molecule has 1 aromatic heterocycles. The van der Waals surface area contributed by atoms with E-state index < -0.39 is 5.97 Å². The molecule has 24 heavy (non-hydrogen) atoms. The topological polar surface area (TPSA) is 52.3 Å². The Kier molecular flexibility index (Phi) is 5.23. The highest BCUT2D eigenvalue weighted by Crippen LogP contribution is 2.20. The standard InChI is InChI=1S/C19H14BrNO3/c20-16-8-4-5-14(11-16)9-10-19(22)23-13-18-21-12-17(24-18)15-6-2-1-3-7-15/h1-12H,13H2/b10-9+. The number of carbonyl (C=O) groups is 1. The second kappa shape index (κ2) is 7.75. The third-order valence-electron chi connectivity index (χ3n) is 3.21. The average Bonchev–Trinajstić information content (AvgIpc) is 3.08. The van der Waals surface area contributed by atoms with E-state index in [0.29, 0.717) is 11.7 Å². The van der Waals surface area contributed by atoms with Gasteiger partial charge in [0.2, 0.25) is 5.89 Å². The highest BCUT2D eigenvalue weighted by molar-refractivity contribution is 9.10. The van der Waals surface area contributed by atoms with Crippen molar-refractivity contribution in [3.05, 3.63) is 82.8 Å². The predicted octanol–water partition coefficient (Wildman–Crippen LogP) is 4.86. The molecule has 0 aliphatic heterocycles. The molecule has 2 aromatic carbocycles. The smallest absolute Gasteiger partial charge is 0.331 e. The van der Waals surface area contributed by atoms with Crippen molar-refractivity contribution >= 4 is 28.0 Å². The molecule has 0 fully saturated rings. The molecule has 4 nitrogen and oxygen atoms in total. The lowest BCUT2D eigenvalue weighted by molar-refractivity contribution is -0.139. The van der Waals surface area contributed by atoms with Gasteiger partial charge in [-0.3, -0.25) is 0 Å². The highest BCUT2D eigenvalue weighted by Gasteiger charge is 2.07. The third-order valence-corrected chi connectivity index (χ3v) is 3.70. The Labute approximate surface area is 147 Å². The number of esters is 1. The maximum absolute atomic E-state index is 11.8. The van der Waals surface area contributed by atoms with Gasteiger partial charge in [0.15, 0.2) is 12.4 Å². The fourth-order valence-corrected chi connectivity index (χ4v) is 2.49. The van der Waals surface area contributed by atoms with E-state index in [4.69, 9.17) is 9.15 Å². The van der Waals surface area contributed by atoms with Gasteiger partial charge >= 0.3 is 5.97 Å². The zero-order valence-corrected chi connectivity index (χ0v) is 14.3. The molecule has 120 valence electrons. The molecule has 0 radical (unpaired) electrons. The second-order valence-corrected chi connectivity index (χ2v) is 5.90. The molecule has 0 unspecified atom stereocenters. The zero-order chi connectivity index (χ0) is 16.8. The van der Waals surface area contributed by atoms with Crippen LogP contribution in [0.5, 0.6) is 0 Å². The molecule has 0 aliphatic carbocycles. The molecule has 3 aromatic rings.